The van der Waals surface area contributed by atoms with E-state index in [9.17, 15) is 9.59 Å². The van der Waals surface area contributed by atoms with E-state index in [0.29, 0.717) is 19.0 Å². The SMILES string of the molecule is O=C1CNCCN1CC(=O)N1CC[C@@H](CN2CCCCC2)C1. The van der Waals surface area contributed by atoms with E-state index in [1.165, 1.54) is 32.4 Å². The molecule has 124 valence electrons. The van der Waals surface area contributed by atoms with Crippen molar-refractivity contribution < 1.29 is 9.59 Å². The van der Waals surface area contributed by atoms with Gasteiger partial charge in [0.1, 0.15) is 0 Å². The normalized spacial score (nSPS) is 27.5. The third-order valence-electron chi connectivity index (χ3n) is 5.12. The summed E-state index contributed by atoms with van der Waals surface area (Å²) in [6.45, 7) is 7.37. The van der Waals surface area contributed by atoms with Gasteiger partial charge in [0.05, 0.1) is 13.1 Å². The van der Waals surface area contributed by atoms with Crippen LogP contribution in [0.2, 0.25) is 0 Å². The smallest absolute Gasteiger partial charge is 0.242 e. The zero-order chi connectivity index (χ0) is 15.4. The molecule has 3 aliphatic rings. The van der Waals surface area contributed by atoms with Crippen molar-refractivity contribution in [2.45, 2.75) is 25.7 Å². The highest BCUT2D eigenvalue weighted by Gasteiger charge is 2.30. The van der Waals surface area contributed by atoms with Gasteiger partial charge in [-0.2, -0.15) is 0 Å². The van der Waals surface area contributed by atoms with Crippen LogP contribution in [0, 0.1) is 5.92 Å². The number of amides is 2. The monoisotopic (exact) mass is 308 g/mol. The standard InChI is InChI=1S/C16H28N4O2/c21-15-10-17-5-9-20(15)13-16(22)19-8-4-14(12-19)11-18-6-2-1-3-7-18/h14,17H,1-13H2/t14-/m0/s1. The third kappa shape index (κ3) is 3.98. The number of likely N-dealkylation sites (tertiary alicyclic amines) is 2. The molecule has 0 spiro atoms. The van der Waals surface area contributed by atoms with Crippen molar-refractivity contribution in [3.8, 4) is 0 Å². The molecule has 22 heavy (non-hydrogen) atoms. The van der Waals surface area contributed by atoms with Crippen molar-refractivity contribution in [1.29, 1.82) is 0 Å². The van der Waals surface area contributed by atoms with Gasteiger partial charge in [-0.05, 0) is 38.3 Å². The number of nitrogens with zero attached hydrogens (tertiary/aromatic N) is 3. The molecule has 0 radical (unpaired) electrons. The lowest BCUT2D eigenvalue weighted by Crippen LogP contribution is -2.51. The topological polar surface area (TPSA) is 55.9 Å². The van der Waals surface area contributed by atoms with E-state index in [1.54, 1.807) is 4.90 Å². The minimum Gasteiger partial charge on any atom is -0.341 e. The van der Waals surface area contributed by atoms with Crippen LogP contribution in [-0.2, 0) is 9.59 Å². The third-order valence-corrected chi connectivity index (χ3v) is 5.12. The predicted molar refractivity (Wildman–Crippen MR) is 84.4 cm³/mol. The lowest BCUT2D eigenvalue weighted by Gasteiger charge is -2.30. The molecule has 0 aromatic heterocycles. The summed E-state index contributed by atoms with van der Waals surface area (Å²) in [6.07, 6.45) is 5.11. The average molecular weight is 308 g/mol. The van der Waals surface area contributed by atoms with Gasteiger partial charge in [-0.1, -0.05) is 6.42 Å². The summed E-state index contributed by atoms with van der Waals surface area (Å²) in [4.78, 5) is 30.4. The van der Waals surface area contributed by atoms with Gasteiger partial charge in [-0.15, -0.1) is 0 Å². The Morgan fingerprint density at radius 3 is 2.73 bits per heavy atom. The lowest BCUT2D eigenvalue weighted by molar-refractivity contribution is -0.140. The van der Waals surface area contributed by atoms with Gasteiger partial charge in [-0.3, -0.25) is 9.59 Å². The molecule has 3 saturated heterocycles. The molecule has 0 aromatic carbocycles. The molecule has 3 fully saturated rings. The van der Waals surface area contributed by atoms with Crippen LogP contribution in [0.3, 0.4) is 0 Å². The number of nitrogens with one attached hydrogen (secondary N) is 1. The van der Waals surface area contributed by atoms with Crippen LogP contribution < -0.4 is 5.32 Å². The molecule has 3 aliphatic heterocycles. The second kappa shape index (κ2) is 7.42. The molecule has 0 unspecified atom stereocenters. The van der Waals surface area contributed by atoms with E-state index >= 15 is 0 Å². The Morgan fingerprint density at radius 1 is 1.14 bits per heavy atom. The largest absolute Gasteiger partial charge is 0.341 e. The van der Waals surface area contributed by atoms with Gasteiger partial charge in [0.2, 0.25) is 11.8 Å². The van der Waals surface area contributed by atoms with Crippen LogP contribution in [-0.4, -0.2) is 85.4 Å². The van der Waals surface area contributed by atoms with Gasteiger partial charge in [0.25, 0.3) is 0 Å². The van der Waals surface area contributed by atoms with Crippen molar-refractivity contribution in [2.24, 2.45) is 5.92 Å². The summed E-state index contributed by atoms with van der Waals surface area (Å²) < 4.78 is 0. The van der Waals surface area contributed by atoms with Gasteiger partial charge in [0, 0.05) is 32.7 Å². The number of carbonyl (C=O) groups excluding carboxylic acids is 2. The van der Waals surface area contributed by atoms with Crippen molar-refractivity contribution in [3.63, 3.8) is 0 Å². The highest BCUT2D eigenvalue weighted by Crippen LogP contribution is 2.20. The van der Waals surface area contributed by atoms with Gasteiger partial charge < -0.3 is 20.0 Å². The fraction of sp³-hybridized carbons (Fsp3) is 0.875. The Kier molecular flexibility index (Phi) is 5.31. The summed E-state index contributed by atoms with van der Waals surface area (Å²) in [5, 5.41) is 3.04. The van der Waals surface area contributed by atoms with Crippen LogP contribution in [0.5, 0.6) is 0 Å². The van der Waals surface area contributed by atoms with Crippen LogP contribution in [0.15, 0.2) is 0 Å². The summed E-state index contributed by atoms with van der Waals surface area (Å²) in [6, 6.07) is 0. The first kappa shape index (κ1) is 15.7. The van der Waals surface area contributed by atoms with Gasteiger partial charge >= 0.3 is 0 Å². The maximum Gasteiger partial charge on any atom is 0.242 e. The number of piperidine rings is 1. The van der Waals surface area contributed by atoms with E-state index in [4.69, 9.17) is 0 Å². The molecule has 6 heteroatoms. The highest BCUT2D eigenvalue weighted by molar-refractivity contribution is 5.86. The lowest BCUT2D eigenvalue weighted by atomic mass is 10.1. The van der Waals surface area contributed by atoms with Crippen LogP contribution in [0.1, 0.15) is 25.7 Å². The molecule has 3 rings (SSSR count). The Hall–Kier alpha value is -1.14. The summed E-state index contributed by atoms with van der Waals surface area (Å²) in [5.41, 5.74) is 0. The minimum atomic E-state index is 0.0451. The molecular formula is C16H28N4O2. The first-order chi connectivity index (χ1) is 10.7. The second-order valence-electron chi connectivity index (χ2n) is 6.85. The predicted octanol–water partition coefficient (Wildman–Crippen LogP) is -0.247. The van der Waals surface area contributed by atoms with E-state index in [0.717, 1.165) is 32.6 Å². The maximum atomic E-state index is 12.4. The van der Waals surface area contributed by atoms with Crippen LogP contribution in [0.4, 0.5) is 0 Å². The Balaban J connectivity index is 1.43. The molecule has 0 bridgehead atoms. The number of carbonyl (C=O) groups is 2. The molecule has 0 saturated carbocycles. The molecule has 6 nitrogen and oxygen atoms in total. The molecule has 0 aliphatic carbocycles. The van der Waals surface area contributed by atoms with E-state index in [1.807, 2.05) is 4.90 Å². The fourth-order valence-corrected chi connectivity index (χ4v) is 3.79. The van der Waals surface area contributed by atoms with E-state index in [2.05, 4.69) is 10.2 Å². The molecular weight excluding hydrogens is 280 g/mol. The van der Waals surface area contributed by atoms with Crippen molar-refractivity contribution in [1.82, 2.24) is 20.0 Å². The summed E-state index contributed by atoms with van der Waals surface area (Å²) in [5.74, 6) is 0.779. The minimum absolute atomic E-state index is 0.0451. The number of piperazine rings is 1. The van der Waals surface area contributed by atoms with Gasteiger partial charge in [-0.25, -0.2) is 0 Å². The highest BCUT2D eigenvalue weighted by atomic mass is 16.2. The molecule has 1 atom stereocenters. The Bertz CT molecular complexity index is 409. The maximum absolute atomic E-state index is 12.4. The zero-order valence-corrected chi connectivity index (χ0v) is 13.4. The number of hydrogen-bond acceptors (Lipinski definition) is 4. The Labute approximate surface area is 132 Å². The second-order valence-corrected chi connectivity index (χ2v) is 6.85. The van der Waals surface area contributed by atoms with Crippen LogP contribution >= 0.6 is 0 Å². The number of rotatable bonds is 4. The quantitative estimate of drug-likeness (QED) is 0.778. The van der Waals surface area contributed by atoms with Crippen molar-refractivity contribution >= 4 is 11.8 Å². The van der Waals surface area contributed by atoms with E-state index in [-0.39, 0.29) is 18.4 Å². The molecule has 1 N–H and O–H groups in total. The van der Waals surface area contributed by atoms with Crippen molar-refractivity contribution in [2.75, 3.05) is 58.9 Å². The van der Waals surface area contributed by atoms with Crippen molar-refractivity contribution in [3.05, 3.63) is 0 Å². The van der Waals surface area contributed by atoms with Crippen LogP contribution in [0.25, 0.3) is 0 Å². The summed E-state index contributed by atoms with van der Waals surface area (Å²) in [7, 11) is 0. The van der Waals surface area contributed by atoms with Gasteiger partial charge in [0.15, 0.2) is 0 Å². The zero-order valence-electron chi connectivity index (χ0n) is 13.4. The fourth-order valence-electron chi connectivity index (χ4n) is 3.79. The van der Waals surface area contributed by atoms with E-state index < -0.39 is 0 Å². The molecule has 0 aromatic rings. The first-order valence-electron chi connectivity index (χ1n) is 8.71. The molecule has 3 heterocycles. The first-order valence-corrected chi connectivity index (χ1v) is 8.71. The average Bonchev–Trinajstić information content (AvgIpc) is 2.99. The Morgan fingerprint density at radius 2 is 1.95 bits per heavy atom. The number of hydrogen-bond donors (Lipinski definition) is 1. The molecule has 2 amide bonds. The summed E-state index contributed by atoms with van der Waals surface area (Å²) >= 11 is 0.